The molecule has 3 heteroatoms. The first-order valence-electron chi connectivity index (χ1n) is 6.19. The van der Waals surface area contributed by atoms with Crippen LogP contribution in [0.4, 0.5) is 0 Å². The van der Waals surface area contributed by atoms with Gasteiger partial charge in [0.1, 0.15) is 5.75 Å². The number of ether oxygens (including phenoxy) is 1. The molecule has 0 aliphatic rings. The zero-order chi connectivity index (χ0) is 12.8. The first-order valence-corrected chi connectivity index (χ1v) is 6.57. The van der Waals surface area contributed by atoms with Crippen molar-refractivity contribution in [3.63, 3.8) is 0 Å². The fourth-order valence-electron chi connectivity index (χ4n) is 1.49. The van der Waals surface area contributed by atoms with Gasteiger partial charge in [-0.2, -0.15) is 0 Å². The summed E-state index contributed by atoms with van der Waals surface area (Å²) in [7, 11) is 0. The first-order chi connectivity index (χ1) is 8.02. The molecule has 96 valence electrons. The average molecular weight is 256 g/mol. The first kappa shape index (κ1) is 14.3. The molecule has 0 spiro atoms. The minimum atomic E-state index is 0.202. The molecule has 0 aromatic heterocycles. The number of rotatable bonds is 6. The maximum atomic E-state index is 6.17. The Morgan fingerprint density at radius 3 is 2.59 bits per heavy atom. The molecule has 1 atom stereocenters. The Morgan fingerprint density at radius 1 is 1.35 bits per heavy atom. The topological polar surface area (TPSA) is 35.2 Å². The Balaban J connectivity index is 2.65. The maximum absolute atomic E-state index is 6.17. The van der Waals surface area contributed by atoms with Gasteiger partial charge in [-0.25, -0.2) is 0 Å². The van der Waals surface area contributed by atoms with Crippen molar-refractivity contribution < 1.29 is 4.74 Å². The lowest BCUT2D eigenvalue weighted by Crippen LogP contribution is -2.21. The van der Waals surface area contributed by atoms with Crippen LogP contribution in [0.2, 0.25) is 5.02 Å². The number of nitrogens with two attached hydrogens (primary N) is 1. The lowest BCUT2D eigenvalue weighted by Gasteiger charge is -2.13. The molecule has 1 aromatic carbocycles. The molecule has 2 nitrogen and oxygen atoms in total. The van der Waals surface area contributed by atoms with Crippen LogP contribution in [0, 0.1) is 5.92 Å². The average Bonchev–Trinajstić information content (AvgIpc) is 2.27. The quantitative estimate of drug-likeness (QED) is 0.842. The maximum Gasteiger partial charge on any atom is 0.137 e. The monoisotopic (exact) mass is 255 g/mol. The summed E-state index contributed by atoms with van der Waals surface area (Å²) in [6.45, 7) is 7.00. The smallest absolute Gasteiger partial charge is 0.137 e. The third-order valence-corrected chi connectivity index (χ3v) is 2.89. The number of halogens is 1. The van der Waals surface area contributed by atoms with Gasteiger partial charge in [-0.1, -0.05) is 38.4 Å². The Morgan fingerprint density at radius 2 is 2.06 bits per heavy atom. The van der Waals surface area contributed by atoms with E-state index in [2.05, 4.69) is 20.8 Å². The van der Waals surface area contributed by atoms with E-state index in [0.717, 1.165) is 18.6 Å². The fraction of sp³-hybridized carbons (Fsp3) is 0.571. The molecule has 0 saturated carbocycles. The van der Waals surface area contributed by atoms with E-state index in [1.807, 2.05) is 18.2 Å². The second kappa shape index (κ2) is 6.87. The van der Waals surface area contributed by atoms with Crippen molar-refractivity contribution in [2.24, 2.45) is 11.7 Å². The van der Waals surface area contributed by atoms with Gasteiger partial charge >= 0.3 is 0 Å². The van der Waals surface area contributed by atoms with Crippen LogP contribution in [0.3, 0.4) is 0 Å². The van der Waals surface area contributed by atoms with Crippen molar-refractivity contribution in [2.75, 3.05) is 6.61 Å². The van der Waals surface area contributed by atoms with Crippen molar-refractivity contribution >= 4 is 11.6 Å². The molecule has 0 amide bonds. The molecule has 1 rings (SSSR count). The van der Waals surface area contributed by atoms with Gasteiger partial charge in [0, 0.05) is 6.04 Å². The lowest BCUT2D eigenvalue weighted by molar-refractivity contribution is 0.271. The van der Waals surface area contributed by atoms with Gasteiger partial charge in [-0.3, -0.25) is 0 Å². The molecule has 0 heterocycles. The van der Waals surface area contributed by atoms with E-state index in [0.29, 0.717) is 17.5 Å². The summed E-state index contributed by atoms with van der Waals surface area (Å²) in [5, 5.41) is 0.673. The van der Waals surface area contributed by atoms with Gasteiger partial charge in [-0.05, 0) is 36.5 Å². The van der Waals surface area contributed by atoms with Crippen LogP contribution in [0.5, 0.6) is 5.75 Å². The highest BCUT2D eigenvalue weighted by Crippen LogP contribution is 2.26. The molecular weight excluding hydrogens is 234 g/mol. The summed E-state index contributed by atoms with van der Waals surface area (Å²) in [6, 6.07) is 6.13. The number of hydrogen-bond acceptors (Lipinski definition) is 2. The summed E-state index contributed by atoms with van der Waals surface area (Å²) in [6.07, 6.45) is 1.84. The second-order valence-corrected chi connectivity index (χ2v) is 5.25. The van der Waals surface area contributed by atoms with Crippen molar-refractivity contribution in [3.05, 3.63) is 28.8 Å². The molecule has 0 bridgehead atoms. The molecule has 0 saturated heterocycles. The fourth-order valence-corrected chi connectivity index (χ4v) is 1.75. The third kappa shape index (κ3) is 4.97. The summed E-state index contributed by atoms with van der Waals surface area (Å²) >= 11 is 6.17. The van der Waals surface area contributed by atoms with E-state index in [1.165, 1.54) is 5.56 Å². The Hall–Kier alpha value is -0.730. The predicted molar refractivity (Wildman–Crippen MR) is 73.8 cm³/mol. The van der Waals surface area contributed by atoms with Crippen molar-refractivity contribution in [1.82, 2.24) is 0 Å². The zero-order valence-corrected chi connectivity index (χ0v) is 11.6. The van der Waals surface area contributed by atoms with Crippen molar-refractivity contribution in [3.8, 4) is 5.75 Å². The molecule has 17 heavy (non-hydrogen) atoms. The second-order valence-electron chi connectivity index (χ2n) is 4.84. The lowest BCUT2D eigenvalue weighted by atomic mass is 10.0. The van der Waals surface area contributed by atoms with E-state index in [9.17, 15) is 0 Å². The normalized spacial score (nSPS) is 12.8. The van der Waals surface area contributed by atoms with Gasteiger partial charge in [0.2, 0.25) is 0 Å². The molecule has 1 unspecified atom stereocenters. The third-order valence-electron chi connectivity index (χ3n) is 2.59. The summed E-state index contributed by atoms with van der Waals surface area (Å²) < 4.78 is 5.62. The van der Waals surface area contributed by atoms with Gasteiger partial charge in [0.05, 0.1) is 11.6 Å². The van der Waals surface area contributed by atoms with Crippen LogP contribution in [0.15, 0.2) is 18.2 Å². The molecule has 0 fully saturated rings. The van der Waals surface area contributed by atoms with Gasteiger partial charge in [0.25, 0.3) is 0 Å². The molecule has 2 N–H and O–H groups in total. The van der Waals surface area contributed by atoms with Gasteiger partial charge in [0.15, 0.2) is 0 Å². The number of hydrogen-bond donors (Lipinski definition) is 1. The minimum absolute atomic E-state index is 0.202. The summed E-state index contributed by atoms with van der Waals surface area (Å²) in [5.74, 6) is 1.26. The molecule has 1 aromatic rings. The zero-order valence-electron chi connectivity index (χ0n) is 10.9. The van der Waals surface area contributed by atoms with Crippen LogP contribution in [0.1, 0.15) is 32.8 Å². The molecule has 0 aliphatic heterocycles. The van der Waals surface area contributed by atoms with E-state index < -0.39 is 0 Å². The van der Waals surface area contributed by atoms with Gasteiger partial charge in [-0.15, -0.1) is 0 Å². The summed E-state index contributed by atoms with van der Waals surface area (Å²) in [4.78, 5) is 0. The highest BCUT2D eigenvalue weighted by atomic mass is 35.5. The van der Waals surface area contributed by atoms with E-state index in [-0.39, 0.29) is 6.04 Å². The van der Waals surface area contributed by atoms with E-state index in [4.69, 9.17) is 22.1 Å². The van der Waals surface area contributed by atoms with Crippen LogP contribution in [0.25, 0.3) is 0 Å². The minimum Gasteiger partial charge on any atom is -0.492 e. The van der Waals surface area contributed by atoms with Crippen LogP contribution < -0.4 is 10.5 Å². The van der Waals surface area contributed by atoms with Crippen LogP contribution >= 0.6 is 11.6 Å². The van der Waals surface area contributed by atoms with Crippen LogP contribution in [-0.2, 0) is 6.42 Å². The Bertz CT molecular complexity index is 352. The Kier molecular flexibility index (Phi) is 5.79. The van der Waals surface area contributed by atoms with Crippen molar-refractivity contribution in [2.45, 2.75) is 39.7 Å². The van der Waals surface area contributed by atoms with E-state index in [1.54, 1.807) is 0 Å². The SMILES string of the molecule is CCC(N)Cc1ccc(OCC(C)C)c(Cl)c1. The molecule has 0 radical (unpaired) electrons. The highest BCUT2D eigenvalue weighted by Gasteiger charge is 2.06. The van der Waals surface area contributed by atoms with Gasteiger partial charge < -0.3 is 10.5 Å². The number of benzene rings is 1. The van der Waals surface area contributed by atoms with E-state index >= 15 is 0 Å². The van der Waals surface area contributed by atoms with Crippen molar-refractivity contribution in [1.29, 1.82) is 0 Å². The largest absolute Gasteiger partial charge is 0.492 e. The molecular formula is C14H22ClNO. The molecule has 0 aliphatic carbocycles. The van der Waals surface area contributed by atoms with Crippen LogP contribution in [-0.4, -0.2) is 12.6 Å². The predicted octanol–water partition coefficient (Wildman–Crippen LogP) is 3.65. The standard InChI is InChI=1S/C14H22ClNO/c1-4-12(16)7-11-5-6-14(13(15)8-11)17-9-10(2)3/h5-6,8,10,12H,4,7,9,16H2,1-3H3. The Labute approximate surface area is 109 Å². The highest BCUT2D eigenvalue weighted by molar-refractivity contribution is 6.32. The summed E-state index contributed by atoms with van der Waals surface area (Å²) in [5.41, 5.74) is 7.08.